The molecule has 0 saturated carbocycles. The first-order valence-electron chi connectivity index (χ1n) is 4.90. The number of rotatable bonds is 6. The fourth-order valence-electron chi connectivity index (χ4n) is 1.32. The molecule has 0 bridgehead atoms. The summed E-state index contributed by atoms with van der Waals surface area (Å²) in [7, 11) is 0. The molecule has 0 radical (unpaired) electrons. The van der Waals surface area contributed by atoms with E-state index in [1.165, 1.54) is 6.92 Å². The van der Waals surface area contributed by atoms with E-state index in [1.807, 2.05) is 0 Å². The number of carbonyl (C=O) groups is 3. The van der Waals surface area contributed by atoms with E-state index in [9.17, 15) is 14.4 Å². The Kier molecular flexibility index (Phi) is 5.59. The summed E-state index contributed by atoms with van der Waals surface area (Å²) in [5.74, 6) is -2.09. The molecule has 0 heterocycles. The summed E-state index contributed by atoms with van der Waals surface area (Å²) in [4.78, 5) is 32.8. The van der Waals surface area contributed by atoms with Crippen LogP contribution in [-0.4, -0.2) is 28.8 Å². The second kappa shape index (κ2) is 6.16. The highest BCUT2D eigenvalue weighted by Gasteiger charge is 2.25. The van der Waals surface area contributed by atoms with E-state index >= 15 is 0 Å². The molecule has 15 heavy (non-hydrogen) atoms. The molecule has 0 aliphatic heterocycles. The monoisotopic (exact) mass is 215 g/mol. The van der Waals surface area contributed by atoms with E-state index in [-0.39, 0.29) is 18.1 Å². The van der Waals surface area contributed by atoms with E-state index in [2.05, 4.69) is 5.32 Å². The standard InChI is InChI=1S/C10H17NO4/c1-4-9(13)11-6(2)8(7(3)12)5-10(14)15/h6,8H,4-5H2,1-3H3,(H,11,13)(H,14,15)/t6?,8-/m1/s1. The Bertz CT molecular complexity index is 262. The van der Waals surface area contributed by atoms with E-state index < -0.39 is 17.9 Å². The molecule has 0 aromatic carbocycles. The molecule has 2 N–H and O–H groups in total. The highest BCUT2D eigenvalue weighted by Crippen LogP contribution is 2.10. The van der Waals surface area contributed by atoms with Gasteiger partial charge in [-0.2, -0.15) is 0 Å². The van der Waals surface area contributed by atoms with Crippen molar-refractivity contribution in [2.24, 2.45) is 5.92 Å². The van der Waals surface area contributed by atoms with E-state index in [4.69, 9.17) is 5.11 Å². The number of carboxylic acid groups (broad SMARTS) is 1. The second-order valence-electron chi connectivity index (χ2n) is 3.52. The van der Waals surface area contributed by atoms with Crippen LogP contribution in [0.1, 0.15) is 33.6 Å². The zero-order valence-electron chi connectivity index (χ0n) is 9.24. The van der Waals surface area contributed by atoms with Crippen molar-refractivity contribution < 1.29 is 19.5 Å². The minimum atomic E-state index is -1.03. The van der Waals surface area contributed by atoms with Gasteiger partial charge in [-0.3, -0.25) is 14.4 Å². The first-order valence-corrected chi connectivity index (χ1v) is 4.90. The average molecular weight is 215 g/mol. The number of nitrogens with one attached hydrogen (secondary N) is 1. The third-order valence-electron chi connectivity index (χ3n) is 2.23. The Morgan fingerprint density at radius 1 is 1.33 bits per heavy atom. The van der Waals surface area contributed by atoms with Gasteiger partial charge in [0, 0.05) is 18.4 Å². The first kappa shape index (κ1) is 13.6. The maximum absolute atomic E-state index is 11.2. The van der Waals surface area contributed by atoms with Crippen molar-refractivity contribution in [2.45, 2.75) is 39.7 Å². The van der Waals surface area contributed by atoms with Crippen LogP contribution in [-0.2, 0) is 14.4 Å². The number of aliphatic carboxylic acids is 1. The molecular weight excluding hydrogens is 198 g/mol. The highest BCUT2D eigenvalue weighted by atomic mass is 16.4. The Morgan fingerprint density at radius 2 is 1.87 bits per heavy atom. The molecule has 1 unspecified atom stereocenters. The minimum Gasteiger partial charge on any atom is -0.481 e. The van der Waals surface area contributed by atoms with Gasteiger partial charge >= 0.3 is 5.97 Å². The lowest BCUT2D eigenvalue weighted by molar-refractivity contribution is -0.141. The van der Waals surface area contributed by atoms with Crippen LogP contribution < -0.4 is 5.32 Å². The molecular formula is C10H17NO4. The summed E-state index contributed by atoms with van der Waals surface area (Å²) < 4.78 is 0. The number of ketones is 1. The van der Waals surface area contributed by atoms with Gasteiger partial charge in [0.25, 0.3) is 0 Å². The Balaban J connectivity index is 4.41. The van der Waals surface area contributed by atoms with Crippen LogP contribution in [0.3, 0.4) is 0 Å². The lowest BCUT2D eigenvalue weighted by atomic mass is 9.93. The summed E-state index contributed by atoms with van der Waals surface area (Å²) in [5, 5.41) is 11.2. The van der Waals surface area contributed by atoms with Gasteiger partial charge < -0.3 is 10.4 Å². The van der Waals surface area contributed by atoms with Crippen LogP contribution in [0.5, 0.6) is 0 Å². The molecule has 5 heteroatoms. The smallest absolute Gasteiger partial charge is 0.304 e. The highest BCUT2D eigenvalue weighted by molar-refractivity contribution is 5.84. The van der Waals surface area contributed by atoms with E-state index in [1.54, 1.807) is 13.8 Å². The summed E-state index contributed by atoms with van der Waals surface area (Å²) in [6.45, 7) is 4.67. The number of hydrogen-bond donors (Lipinski definition) is 2. The molecule has 5 nitrogen and oxygen atoms in total. The van der Waals surface area contributed by atoms with Gasteiger partial charge in [-0.25, -0.2) is 0 Å². The number of amides is 1. The molecule has 0 fully saturated rings. The molecule has 0 spiro atoms. The lowest BCUT2D eigenvalue weighted by Gasteiger charge is -2.20. The number of carboxylic acids is 1. The molecule has 2 atom stereocenters. The maximum atomic E-state index is 11.2. The maximum Gasteiger partial charge on any atom is 0.304 e. The molecule has 0 aromatic rings. The molecule has 0 aromatic heterocycles. The van der Waals surface area contributed by atoms with Gasteiger partial charge in [-0.15, -0.1) is 0 Å². The second-order valence-corrected chi connectivity index (χ2v) is 3.52. The lowest BCUT2D eigenvalue weighted by Crippen LogP contribution is -2.41. The zero-order valence-corrected chi connectivity index (χ0v) is 9.24. The van der Waals surface area contributed by atoms with E-state index in [0.717, 1.165) is 0 Å². The van der Waals surface area contributed by atoms with Crippen molar-refractivity contribution in [3.05, 3.63) is 0 Å². The molecule has 0 aliphatic rings. The van der Waals surface area contributed by atoms with Crippen LogP contribution in [0.15, 0.2) is 0 Å². The average Bonchev–Trinajstić information content (AvgIpc) is 2.12. The number of carbonyl (C=O) groups excluding carboxylic acids is 2. The van der Waals surface area contributed by atoms with Crippen molar-refractivity contribution in [3.63, 3.8) is 0 Å². The Hall–Kier alpha value is -1.39. The topological polar surface area (TPSA) is 83.5 Å². The van der Waals surface area contributed by atoms with Crippen molar-refractivity contribution >= 4 is 17.7 Å². The van der Waals surface area contributed by atoms with Crippen molar-refractivity contribution in [2.75, 3.05) is 0 Å². The summed E-state index contributed by atoms with van der Waals surface area (Å²) >= 11 is 0. The molecule has 0 saturated heterocycles. The van der Waals surface area contributed by atoms with Gasteiger partial charge in [0.2, 0.25) is 5.91 Å². The van der Waals surface area contributed by atoms with Crippen molar-refractivity contribution in [1.82, 2.24) is 5.32 Å². The quantitative estimate of drug-likeness (QED) is 0.679. The molecule has 1 amide bonds. The minimum absolute atomic E-state index is 0.181. The van der Waals surface area contributed by atoms with Crippen LogP contribution in [0.2, 0.25) is 0 Å². The fourth-order valence-corrected chi connectivity index (χ4v) is 1.32. The number of hydrogen-bond acceptors (Lipinski definition) is 3. The van der Waals surface area contributed by atoms with Gasteiger partial charge in [0.1, 0.15) is 5.78 Å². The van der Waals surface area contributed by atoms with Crippen LogP contribution in [0.4, 0.5) is 0 Å². The van der Waals surface area contributed by atoms with Gasteiger partial charge in [0.15, 0.2) is 0 Å². The third-order valence-corrected chi connectivity index (χ3v) is 2.23. The zero-order chi connectivity index (χ0) is 12.0. The molecule has 86 valence electrons. The van der Waals surface area contributed by atoms with E-state index in [0.29, 0.717) is 6.42 Å². The van der Waals surface area contributed by atoms with Crippen molar-refractivity contribution in [1.29, 1.82) is 0 Å². The molecule has 0 aliphatic carbocycles. The van der Waals surface area contributed by atoms with Gasteiger partial charge in [0.05, 0.1) is 6.42 Å². The van der Waals surface area contributed by atoms with Crippen LogP contribution in [0.25, 0.3) is 0 Å². The fraction of sp³-hybridized carbons (Fsp3) is 0.700. The first-order chi connectivity index (χ1) is 6.88. The summed E-state index contributed by atoms with van der Waals surface area (Å²) in [5.41, 5.74) is 0. The predicted octanol–water partition coefficient (Wildman–Crippen LogP) is 0.581. The summed E-state index contributed by atoms with van der Waals surface area (Å²) in [6.07, 6.45) is 0.0720. The Morgan fingerprint density at radius 3 is 2.20 bits per heavy atom. The van der Waals surface area contributed by atoms with Crippen molar-refractivity contribution in [3.8, 4) is 0 Å². The normalized spacial score (nSPS) is 14.1. The molecule has 0 rings (SSSR count). The third kappa shape index (κ3) is 5.15. The SMILES string of the molecule is CCC(=O)NC(C)[C@@H](CC(=O)O)C(C)=O. The number of Topliss-reactive ketones (excluding diaryl/α,β-unsaturated/α-hetero) is 1. The van der Waals surface area contributed by atoms with Crippen LogP contribution in [0, 0.1) is 5.92 Å². The Labute approximate surface area is 88.9 Å². The van der Waals surface area contributed by atoms with Gasteiger partial charge in [-0.1, -0.05) is 6.92 Å². The van der Waals surface area contributed by atoms with Gasteiger partial charge in [-0.05, 0) is 13.8 Å². The van der Waals surface area contributed by atoms with Crippen LogP contribution >= 0.6 is 0 Å². The predicted molar refractivity (Wildman–Crippen MR) is 54.3 cm³/mol. The largest absolute Gasteiger partial charge is 0.481 e. The summed E-state index contributed by atoms with van der Waals surface area (Å²) in [6, 6.07) is -0.439.